The highest BCUT2D eigenvalue weighted by atomic mass is 16.6. The summed E-state index contributed by atoms with van der Waals surface area (Å²) in [7, 11) is 0. The third kappa shape index (κ3) is 2.57. The molecule has 1 aliphatic rings. The monoisotopic (exact) mass is 297 g/mol. The first-order valence-electron chi connectivity index (χ1n) is 6.60. The van der Waals surface area contributed by atoms with Crippen LogP contribution in [0.2, 0.25) is 0 Å². The minimum Gasteiger partial charge on any atom is -0.387 e. The fourth-order valence-corrected chi connectivity index (χ4v) is 2.31. The number of ether oxygens (including phenoxy) is 1. The van der Waals surface area contributed by atoms with E-state index >= 15 is 0 Å². The Kier molecular flexibility index (Phi) is 3.87. The predicted octanol–water partition coefficient (Wildman–Crippen LogP) is -0.940. The van der Waals surface area contributed by atoms with E-state index in [2.05, 4.69) is 4.98 Å². The minimum atomic E-state index is -1.81. The summed E-state index contributed by atoms with van der Waals surface area (Å²) in [5.74, 6) is -0.688. The van der Waals surface area contributed by atoms with E-state index < -0.39 is 29.7 Å². The van der Waals surface area contributed by atoms with E-state index in [4.69, 9.17) is 10.5 Å². The summed E-state index contributed by atoms with van der Waals surface area (Å²) in [4.78, 5) is 27.4. The van der Waals surface area contributed by atoms with Crippen LogP contribution in [0.5, 0.6) is 0 Å². The molecule has 4 atom stereocenters. The maximum Gasteiger partial charge on any atom is 0.351 e. The quantitative estimate of drug-likeness (QED) is 0.657. The van der Waals surface area contributed by atoms with Crippen molar-refractivity contribution in [3.05, 3.63) is 22.7 Å². The minimum absolute atomic E-state index is 0.0317. The van der Waals surface area contributed by atoms with Gasteiger partial charge in [-0.2, -0.15) is 4.98 Å². The summed E-state index contributed by atoms with van der Waals surface area (Å²) < 4.78 is 6.46. The molecule has 1 saturated heterocycles. The lowest BCUT2D eigenvalue weighted by molar-refractivity contribution is -0.138. The van der Waals surface area contributed by atoms with Crippen LogP contribution in [-0.2, 0) is 9.53 Å². The molecule has 1 aromatic heterocycles. The van der Waals surface area contributed by atoms with Gasteiger partial charge in [0.15, 0.2) is 12.0 Å². The van der Waals surface area contributed by atoms with E-state index in [-0.39, 0.29) is 17.5 Å². The Bertz CT molecular complexity index is 610. The van der Waals surface area contributed by atoms with Gasteiger partial charge in [0.05, 0.1) is 0 Å². The maximum atomic E-state index is 12.0. The average molecular weight is 297 g/mol. The van der Waals surface area contributed by atoms with Gasteiger partial charge in [-0.1, -0.05) is 13.8 Å². The third-order valence-electron chi connectivity index (χ3n) is 3.61. The number of Topliss-reactive ketones (excluding diaryl/α,β-unsaturated/α-hetero) is 1. The van der Waals surface area contributed by atoms with Crippen molar-refractivity contribution in [3.63, 3.8) is 0 Å². The normalized spacial score (nSPS) is 32.6. The van der Waals surface area contributed by atoms with Crippen molar-refractivity contribution in [2.24, 2.45) is 5.92 Å². The summed E-state index contributed by atoms with van der Waals surface area (Å²) in [5.41, 5.74) is 2.87. The van der Waals surface area contributed by atoms with E-state index in [9.17, 15) is 19.8 Å². The number of aliphatic hydroxyl groups excluding tert-OH is 1. The number of hydrogen-bond acceptors (Lipinski definition) is 7. The molecule has 2 rings (SSSR count). The second kappa shape index (κ2) is 5.21. The summed E-state index contributed by atoms with van der Waals surface area (Å²) in [6.07, 6.45) is -2.56. The van der Waals surface area contributed by atoms with Gasteiger partial charge < -0.3 is 20.7 Å². The molecule has 8 nitrogen and oxygen atoms in total. The van der Waals surface area contributed by atoms with Crippen LogP contribution in [0.3, 0.4) is 0 Å². The van der Waals surface area contributed by atoms with Gasteiger partial charge in [0.25, 0.3) is 0 Å². The Morgan fingerprint density at radius 1 is 1.57 bits per heavy atom. The molecule has 2 heterocycles. The Morgan fingerprint density at radius 3 is 2.71 bits per heavy atom. The SMILES string of the molecule is CC(C)C(=O)[C@H]1O[C@@H](n2ccc(N)nc2=O)[C@](C)(O)[C@@H]1O. The molecule has 0 spiro atoms. The molecule has 0 unspecified atom stereocenters. The Morgan fingerprint density at radius 2 is 2.19 bits per heavy atom. The van der Waals surface area contributed by atoms with Gasteiger partial charge in [0.2, 0.25) is 0 Å². The highest BCUT2D eigenvalue weighted by molar-refractivity contribution is 5.86. The maximum absolute atomic E-state index is 12.0. The number of aromatic nitrogens is 2. The number of hydrogen-bond donors (Lipinski definition) is 3. The van der Waals surface area contributed by atoms with E-state index in [1.54, 1.807) is 13.8 Å². The number of aliphatic hydroxyl groups is 2. The van der Waals surface area contributed by atoms with Crippen LogP contribution in [-0.4, -0.2) is 43.4 Å². The molecule has 0 aromatic carbocycles. The molecular formula is C13H19N3O5. The Balaban J connectivity index is 2.41. The summed E-state index contributed by atoms with van der Waals surface area (Å²) in [6, 6.07) is 1.37. The molecule has 1 fully saturated rings. The predicted molar refractivity (Wildman–Crippen MR) is 73.3 cm³/mol. The number of nitrogens with zero attached hydrogens (tertiary/aromatic N) is 2. The van der Waals surface area contributed by atoms with Crippen molar-refractivity contribution >= 4 is 11.6 Å². The molecule has 4 N–H and O–H groups in total. The average Bonchev–Trinajstić information content (AvgIpc) is 2.61. The van der Waals surface area contributed by atoms with Crippen molar-refractivity contribution < 1.29 is 19.7 Å². The number of carbonyl (C=O) groups excluding carboxylic acids is 1. The molecule has 1 aromatic rings. The van der Waals surface area contributed by atoms with Gasteiger partial charge in [-0.15, -0.1) is 0 Å². The van der Waals surface area contributed by atoms with Gasteiger partial charge >= 0.3 is 5.69 Å². The van der Waals surface area contributed by atoms with E-state index in [1.807, 2.05) is 0 Å². The number of ketones is 1. The molecule has 0 radical (unpaired) electrons. The summed E-state index contributed by atoms with van der Waals surface area (Å²) >= 11 is 0. The van der Waals surface area contributed by atoms with Crippen LogP contribution < -0.4 is 11.4 Å². The highest BCUT2D eigenvalue weighted by Gasteiger charge is 2.55. The van der Waals surface area contributed by atoms with Crippen molar-refractivity contribution in [2.45, 2.75) is 44.8 Å². The number of rotatable bonds is 3. The smallest absolute Gasteiger partial charge is 0.351 e. The first-order valence-corrected chi connectivity index (χ1v) is 6.60. The van der Waals surface area contributed by atoms with Crippen molar-refractivity contribution in [2.75, 3.05) is 5.73 Å². The van der Waals surface area contributed by atoms with Gasteiger partial charge in [-0.3, -0.25) is 9.36 Å². The lowest BCUT2D eigenvalue weighted by atomic mass is 9.91. The van der Waals surface area contributed by atoms with Crippen LogP contribution in [0.4, 0.5) is 5.82 Å². The first-order chi connectivity index (χ1) is 9.66. The van der Waals surface area contributed by atoms with Crippen molar-refractivity contribution in [3.8, 4) is 0 Å². The van der Waals surface area contributed by atoms with Crippen molar-refractivity contribution in [1.82, 2.24) is 9.55 Å². The lowest BCUT2D eigenvalue weighted by Crippen LogP contribution is -2.47. The Hall–Kier alpha value is -1.77. The first kappa shape index (κ1) is 15.6. The fraction of sp³-hybridized carbons (Fsp3) is 0.615. The second-order valence-corrected chi connectivity index (χ2v) is 5.68. The summed E-state index contributed by atoms with van der Waals surface area (Å²) in [5, 5.41) is 20.6. The van der Waals surface area contributed by atoms with E-state index in [1.165, 1.54) is 19.2 Å². The number of carbonyl (C=O) groups is 1. The zero-order chi connectivity index (χ0) is 15.9. The zero-order valence-electron chi connectivity index (χ0n) is 12.1. The number of nitrogens with two attached hydrogens (primary N) is 1. The molecule has 0 aliphatic carbocycles. The van der Waals surface area contributed by atoms with Crippen LogP contribution in [0.25, 0.3) is 0 Å². The molecule has 1 aliphatic heterocycles. The molecule has 0 amide bonds. The van der Waals surface area contributed by atoms with Gasteiger partial charge in [0, 0.05) is 12.1 Å². The van der Waals surface area contributed by atoms with Crippen molar-refractivity contribution in [1.29, 1.82) is 0 Å². The van der Waals surface area contributed by atoms with Crippen LogP contribution in [0, 0.1) is 5.92 Å². The summed E-state index contributed by atoms with van der Waals surface area (Å²) in [6.45, 7) is 4.63. The molecule has 0 bridgehead atoms. The van der Waals surface area contributed by atoms with Crippen LogP contribution >= 0.6 is 0 Å². The molecule has 0 saturated carbocycles. The number of anilines is 1. The lowest BCUT2D eigenvalue weighted by Gasteiger charge is -2.27. The molecule has 8 heteroatoms. The topological polar surface area (TPSA) is 128 Å². The third-order valence-corrected chi connectivity index (χ3v) is 3.61. The fourth-order valence-electron chi connectivity index (χ4n) is 2.31. The molecule has 116 valence electrons. The van der Waals surface area contributed by atoms with Crippen LogP contribution in [0.1, 0.15) is 27.0 Å². The van der Waals surface area contributed by atoms with Gasteiger partial charge in [-0.25, -0.2) is 4.79 Å². The second-order valence-electron chi connectivity index (χ2n) is 5.68. The molecular weight excluding hydrogens is 278 g/mol. The van der Waals surface area contributed by atoms with Gasteiger partial charge in [-0.05, 0) is 13.0 Å². The van der Waals surface area contributed by atoms with Gasteiger partial charge in [0.1, 0.15) is 23.6 Å². The largest absolute Gasteiger partial charge is 0.387 e. The zero-order valence-corrected chi connectivity index (χ0v) is 12.1. The van der Waals surface area contributed by atoms with E-state index in [0.717, 1.165) is 4.57 Å². The highest BCUT2D eigenvalue weighted by Crippen LogP contribution is 2.38. The van der Waals surface area contributed by atoms with E-state index in [0.29, 0.717) is 0 Å². The number of nitrogen functional groups attached to an aromatic ring is 1. The molecule has 21 heavy (non-hydrogen) atoms. The standard InChI is InChI=1S/C13H19N3O5/c1-6(2)8(17)9-10(18)13(3,20)11(21-9)16-5-4-7(14)15-12(16)19/h4-6,9-11,18,20H,1-3H3,(H2,14,15,19)/t9-,10-,11-,13-/m1/s1. The van der Waals surface area contributed by atoms with Crippen LogP contribution in [0.15, 0.2) is 17.1 Å². The Labute approximate surface area is 121 Å².